The van der Waals surface area contributed by atoms with Crippen LogP contribution in [0.2, 0.25) is 0 Å². The van der Waals surface area contributed by atoms with Crippen molar-refractivity contribution in [3.8, 4) is 0 Å². The van der Waals surface area contributed by atoms with Crippen molar-refractivity contribution in [1.82, 2.24) is 0 Å². The van der Waals surface area contributed by atoms with Crippen molar-refractivity contribution >= 4 is 12.6 Å². The maximum atomic E-state index is 5.20. The lowest BCUT2D eigenvalue weighted by Crippen LogP contribution is -2.14. The minimum atomic E-state index is -0.211. The Kier molecular flexibility index (Phi) is 3.40. The van der Waals surface area contributed by atoms with E-state index in [1.54, 1.807) is 6.26 Å². The van der Waals surface area contributed by atoms with Crippen LogP contribution in [-0.4, -0.2) is 18.6 Å². The summed E-state index contributed by atoms with van der Waals surface area (Å²) in [6.45, 7) is 0.617. The zero-order chi connectivity index (χ0) is 7.23. The number of ether oxygens (including phenoxy) is 2. The van der Waals surface area contributed by atoms with E-state index in [9.17, 15) is 0 Å². The zero-order valence-electron chi connectivity index (χ0n) is 5.56. The average Bonchev–Trinajstić information content (AvgIpc) is 2.03. The standard InChI is InChI=1S/C7H10O2S/c10-6-5-9-7-3-1-2-4-8-7/h1-4,7,10H,5-6H2. The Morgan fingerprint density at radius 2 is 2.40 bits per heavy atom. The number of rotatable bonds is 3. The van der Waals surface area contributed by atoms with Crippen LogP contribution in [0.25, 0.3) is 0 Å². The topological polar surface area (TPSA) is 18.5 Å². The highest BCUT2D eigenvalue weighted by molar-refractivity contribution is 7.80. The maximum absolute atomic E-state index is 5.20. The summed E-state index contributed by atoms with van der Waals surface area (Å²) in [7, 11) is 0. The lowest BCUT2D eigenvalue weighted by Gasteiger charge is -2.14. The third-order valence-electron chi connectivity index (χ3n) is 1.04. The molecular weight excluding hydrogens is 148 g/mol. The first-order valence-corrected chi connectivity index (χ1v) is 3.78. The van der Waals surface area contributed by atoms with Crippen molar-refractivity contribution < 1.29 is 9.47 Å². The van der Waals surface area contributed by atoms with E-state index < -0.39 is 0 Å². The molecule has 1 atom stereocenters. The van der Waals surface area contributed by atoms with Gasteiger partial charge in [0.2, 0.25) is 6.29 Å². The molecule has 0 aromatic rings. The smallest absolute Gasteiger partial charge is 0.219 e. The molecule has 0 aromatic heterocycles. The van der Waals surface area contributed by atoms with Crippen molar-refractivity contribution in [2.45, 2.75) is 6.29 Å². The first-order valence-electron chi connectivity index (χ1n) is 3.15. The Balaban J connectivity index is 2.17. The molecular formula is C7H10O2S. The van der Waals surface area contributed by atoms with E-state index in [0.29, 0.717) is 6.61 Å². The van der Waals surface area contributed by atoms with Gasteiger partial charge in [-0.25, -0.2) is 0 Å². The van der Waals surface area contributed by atoms with Gasteiger partial charge >= 0.3 is 0 Å². The molecule has 0 bridgehead atoms. The first kappa shape index (κ1) is 7.69. The molecule has 3 heteroatoms. The molecule has 0 aromatic carbocycles. The van der Waals surface area contributed by atoms with Crippen molar-refractivity contribution in [3.63, 3.8) is 0 Å². The number of thiol groups is 1. The highest BCUT2D eigenvalue weighted by atomic mass is 32.1. The molecule has 0 saturated carbocycles. The van der Waals surface area contributed by atoms with Gasteiger partial charge in [0.15, 0.2) is 0 Å². The minimum Gasteiger partial charge on any atom is -0.469 e. The highest BCUT2D eigenvalue weighted by Gasteiger charge is 2.03. The third-order valence-corrected chi connectivity index (χ3v) is 1.23. The molecule has 1 aliphatic heterocycles. The predicted octanol–water partition coefficient (Wildman–Crippen LogP) is 1.36. The zero-order valence-corrected chi connectivity index (χ0v) is 6.46. The molecule has 0 saturated heterocycles. The van der Waals surface area contributed by atoms with E-state index in [1.165, 1.54) is 0 Å². The number of allylic oxidation sites excluding steroid dienone is 2. The lowest BCUT2D eigenvalue weighted by molar-refractivity contribution is -0.0680. The summed E-state index contributed by atoms with van der Waals surface area (Å²) in [4.78, 5) is 0. The summed E-state index contributed by atoms with van der Waals surface area (Å²) in [5.41, 5.74) is 0. The van der Waals surface area contributed by atoms with Crippen LogP contribution in [0.4, 0.5) is 0 Å². The van der Waals surface area contributed by atoms with Crippen molar-refractivity contribution in [2.75, 3.05) is 12.4 Å². The van der Waals surface area contributed by atoms with Gasteiger partial charge in [0.25, 0.3) is 0 Å². The van der Waals surface area contributed by atoms with Gasteiger partial charge in [0.05, 0.1) is 12.9 Å². The maximum Gasteiger partial charge on any atom is 0.219 e. The minimum absolute atomic E-state index is 0.211. The molecule has 0 N–H and O–H groups in total. The van der Waals surface area contributed by atoms with Crippen LogP contribution in [0, 0.1) is 0 Å². The molecule has 1 unspecified atom stereocenters. The fourth-order valence-electron chi connectivity index (χ4n) is 0.632. The fourth-order valence-corrected chi connectivity index (χ4v) is 0.737. The largest absolute Gasteiger partial charge is 0.469 e. The van der Waals surface area contributed by atoms with E-state index in [1.807, 2.05) is 18.2 Å². The fraction of sp³-hybridized carbons (Fsp3) is 0.429. The molecule has 1 heterocycles. The predicted molar refractivity (Wildman–Crippen MR) is 43.0 cm³/mol. The van der Waals surface area contributed by atoms with Gasteiger partial charge < -0.3 is 9.47 Å². The molecule has 2 nitrogen and oxygen atoms in total. The molecule has 0 amide bonds. The Labute approximate surface area is 65.9 Å². The average molecular weight is 158 g/mol. The molecule has 0 spiro atoms. The van der Waals surface area contributed by atoms with Crippen LogP contribution in [0.5, 0.6) is 0 Å². The number of hydrogen-bond acceptors (Lipinski definition) is 3. The summed E-state index contributed by atoms with van der Waals surface area (Å²) in [6.07, 6.45) is 6.97. The Morgan fingerprint density at radius 1 is 1.50 bits per heavy atom. The summed E-state index contributed by atoms with van der Waals surface area (Å²) in [5, 5.41) is 0. The van der Waals surface area contributed by atoms with Crippen molar-refractivity contribution in [1.29, 1.82) is 0 Å². The van der Waals surface area contributed by atoms with Gasteiger partial charge in [-0.2, -0.15) is 12.6 Å². The van der Waals surface area contributed by atoms with Crippen molar-refractivity contribution in [3.05, 3.63) is 24.5 Å². The van der Waals surface area contributed by atoms with Crippen LogP contribution in [0.15, 0.2) is 24.5 Å². The Bertz CT molecular complexity index is 143. The van der Waals surface area contributed by atoms with E-state index in [0.717, 1.165) is 5.75 Å². The first-order chi connectivity index (χ1) is 4.93. The van der Waals surface area contributed by atoms with E-state index >= 15 is 0 Å². The number of hydrogen-bond donors (Lipinski definition) is 1. The summed E-state index contributed by atoms with van der Waals surface area (Å²) < 4.78 is 10.3. The second-order valence-corrected chi connectivity index (χ2v) is 2.26. The summed E-state index contributed by atoms with van der Waals surface area (Å²) in [5.74, 6) is 0.720. The van der Waals surface area contributed by atoms with E-state index in [2.05, 4.69) is 12.6 Å². The molecule has 0 aliphatic carbocycles. The van der Waals surface area contributed by atoms with E-state index in [4.69, 9.17) is 9.47 Å². The van der Waals surface area contributed by atoms with Crippen molar-refractivity contribution in [2.24, 2.45) is 0 Å². The normalized spacial score (nSPS) is 22.7. The van der Waals surface area contributed by atoms with Crippen LogP contribution in [0.1, 0.15) is 0 Å². The van der Waals surface area contributed by atoms with Gasteiger partial charge in [-0.1, -0.05) is 6.08 Å². The van der Waals surface area contributed by atoms with Crippen LogP contribution < -0.4 is 0 Å². The molecule has 56 valence electrons. The molecule has 0 fully saturated rings. The highest BCUT2D eigenvalue weighted by Crippen LogP contribution is 2.03. The SMILES string of the molecule is SCCOC1C=CC=CO1. The van der Waals surface area contributed by atoms with Gasteiger partial charge in [0.1, 0.15) is 0 Å². The lowest BCUT2D eigenvalue weighted by atomic mass is 10.4. The van der Waals surface area contributed by atoms with Gasteiger partial charge in [-0.3, -0.25) is 0 Å². The van der Waals surface area contributed by atoms with Crippen LogP contribution in [-0.2, 0) is 9.47 Å². The molecule has 1 rings (SSSR count). The monoisotopic (exact) mass is 158 g/mol. The Hall–Kier alpha value is -0.410. The van der Waals surface area contributed by atoms with Gasteiger partial charge in [-0.05, 0) is 12.2 Å². The second kappa shape index (κ2) is 4.41. The van der Waals surface area contributed by atoms with Crippen LogP contribution >= 0.6 is 12.6 Å². The van der Waals surface area contributed by atoms with E-state index in [-0.39, 0.29) is 6.29 Å². The third kappa shape index (κ3) is 2.45. The molecule has 10 heavy (non-hydrogen) atoms. The van der Waals surface area contributed by atoms with Crippen LogP contribution in [0.3, 0.4) is 0 Å². The summed E-state index contributed by atoms with van der Waals surface area (Å²) >= 11 is 4.00. The van der Waals surface area contributed by atoms with Gasteiger partial charge in [0, 0.05) is 5.75 Å². The molecule has 0 radical (unpaired) electrons. The molecule has 1 aliphatic rings. The van der Waals surface area contributed by atoms with Gasteiger partial charge in [-0.15, -0.1) is 0 Å². The summed E-state index contributed by atoms with van der Waals surface area (Å²) in [6, 6.07) is 0. The Morgan fingerprint density at radius 3 is 3.00 bits per heavy atom. The second-order valence-electron chi connectivity index (χ2n) is 1.81. The quantitative estimate of drug-likeness (QED) is 0.625.